The van der Waals surface area contributed by atoms with E-state index < -0.39 is 18.5 Å². The number of hydrogen-bond donors (Lipinski definition) is 2. The quantitative estimate of drug-likeness (QED) is 0.764. The molecular weight excluding hydrogens is 374 g/mol. The number of phenols is 1. The molecular formula is C18H18BrNO4. The Bertz CT molecular complexity index is 760. The SMILES string of the molecule is Cc1ccc(C(=O)OCC(=O)N[C@@H](C)c2ccccc2Br)c(O)c1. The molecule has 5 nitrogen and oxygen atoms in total. The van der Waals surface area contributed by atoms with Crippen LogP contribution in [0.25, 0.3) is 0 Å². The number of ether oxygens (including phenoxy) is 1. The van der Waals surface area contributed by atoms with E-state index in [0.29, 0.717) is 0 Å². The maximum Gasteiger partial charge on any atom is 0.342 e. The van der Waals surface area contributed by atoms with E-state index in [4.69, 9.17) is 4.74 Å². The van der Waals surface area contributed by atoms with Crippen molar-refractivity contribution in [3.05, 3.63) is 63.6 Å². The second-order valence-electron chi connectivity index (χ2n) is 5.41. The molecule has 1 atom stereocenters. The van der Waals surface area contributed by atoms with Crippen LogP contribution in [0.1, 0.15) is 34.5 Å². The summed E-state index contributed by atoms with van der Waals surface area (Å²) in [6.07, 6.45) is 0. The van der Waals surface area contributed by atoms with Crippen molar-refractivity contribution in [3.8, 4) is 5.75 Å². The van der Waals surface area contributed by atoms with Crippen LogP contribution in [0, 0.1) is 6.92 Å². The highest BCUT2D eigenvalue weighted by molar-refractivity contribution is 9.10. The van der Waals surface area contributed by atoms with Crippen LogP contribution in [0.2, 0.25) is 0 Å². The fraction of sp³-hybridized carbons (Fsp3) is 0.222. The fourth-order valence-electron chi connectivity index (χ4n) is 2.21. The number of halogens is 1. The predicted octanol–water partition coefficient (Wildman–Crippen LogP) is 3.50. The van der Waals surface area contributed by atoms with Crippen LogP contribution in [-0.2, 0) is 9.53 Å². The van der Waals surface area contributed by atoms with Crippen molar-refractivity contribution in [2.75, 3.05) is 6.61 Å². The van der Waals surface area contributed by atoms with Gasteiger partial charge in [0.15, 0.2) is 6.61 Å². The van der Waals surface area contributed by atoms with Gasteiger partial charge >= 0.3 is 5.97 Å². The molecule has 0 fully saturated rings. The summed E-state index contributed by atoms with van der Waals surface area (Å²) in [6, 6.07) is 11.9. The highest BCUT2D eigenvalue weighted by Gasteiger charge is 2.16. The fourth-order valence-corrected chi connectivity index (χ4v) is 2.84. The van der Waals surface area contributed by atoms with E-state index in [9.17, 15) is 14.7 Å². The van der Waals surface area contributed by atoms with E-state index in [0.717, 1.165) is 15.6 Å². The van der Waals surface area contributed by atoms with Gasteiger partial charge in [-0.2, -0.15) is 0 Å². The number of hydrogen-bond acceptors (Lipinski definition) is 4. The molecule has 24 heavy (non-hydrogen) atoms. The predicted molar refractivity (Wildman–Crippen MR) is 93.8 cm³/mol. The Hall–Kier alpha value is -2.34. The third-order valence-electron chi connectivity index (χ3n) is 3.46. The monoisotopic (exact) mass is 391 g/mol. The summed E-state index contributed by atoms with van der Waals surface area (Å²) >= 11 is 3.43. The molecule has 2 rings (SSSR count). The van der Waals surface area contributed by atoms with Crippen molar-refractivity contribution in [2.45, 2.75) is 19.9 Å². The van der Waals surface area contributed by atoms with Crippen molar-refractivity contribution >= 4 is 27.8 Å². The molecule has 0 aliphatic rings. The summed E-state index contributed by atoms with van der Waals surface area (Å²) < 4.78 is 5.84. The van der Waals surface area contributed by atoms with Gasteiger partial charge in [-0.15, -0.1) is 0 Å². The van der Waals surface area contributed by atoms with Gasteiger partial charge in [0.25, 0.3) is 5.91 Å². The van der Waals surface area contributed by atoms with Gasteiger partial charge in [-0.05, 0) is 43.2 Å². The average molecular weight is 392 g/mol. The van der Waals surface area contributed by atoms with E-state index in [-0.39, 0.29) is 17.4 Å². The lowest BCUT2D eigenvalue weighted by atomic mass is 10.1. The molecule has 0 spiro atoms. The number of rotatable bonds is 5. The first kappa shape index (κ1) is 18.0. The summed E-state index contributed by atoms with van der Waals surface area (Å²) in [5, 5.41) is 12.5. The Morgan fingerprint density at radius 3 is 2.62 bits per heavy atom. The number of aryl methyl sites for hydroxylation is 1. The summed E-state index contributed by atoms with van der Waals surface area (Å²) in [5.74, 6) is -1.32. The third kappa shape index (κ3) is 4.58. The van der Waals surface area contributed by atoms with Crippen molar-refractivity contribution in [1.82, 2.24) is 5.32 Å². The molecule has 0 radical (unpaired) electrons. The van der Waals surface area contributed by atoms with Gasteiger partial charge in [0.1, 0.15) is 11.3 Å². The van der Waals surface area contributed by atoms with Crippen LogP contribution in [0.3, 0.4) is 0 Å². The zero-order valence-electron chi connectivity index (χ0n) is 13.4. The number of carbonyl (C=O) groups is 2. The van der Waals surface area contributed by atoms with Gasteiger partial charge < -0.3 is 15.2 Å². The van der Waals surface area contributed by atoms with E-state index >= 15 is 0 Å². The Balaban J connectivity index is 1.91. The third-order valence-corrected chi connectivity index (χ3v) is 4.18. The lowest BCUT2D eigenvalue weighted by Gasteiger charge is -2.16. The number of nitrogens with one attached hydrogen (secondary N) is 1. The first-order valence-electron chi connectivity index (χ1n) is 7.39. The molecule has 6 heteroatoms. The van der Waals surface area contributed by atoms with Crippen LogP contribution < -0.4 is 5.32 Å². The zero-order chi connectivity index (χ0) is 17.7. The second kappa shape index (κ2) is 7.97. The number of phenolic OH excluding ortho intramolecular Hbond substituents is 1. The maximum absolute atomic E-state index is 11.9. The Labute approximate surface area is 148 Å². The molecule has 2 N–H and O–H groups in total. The van der Waals surface area contributed by atoms with Gasteiger partial charge in [0.2, 0.25) is 0 Å². The molecule has 0 bridgehead atoms. The van der Waals surface area contributed by atoms with E-state index in [1.165, 1.54) is 12.1 Å². The smallest absolute Gasteiger partial charge is 0.342 e. The van der Waals surface area contributed by atoms with Gasteiger partial charge in [0, 0.05) is 4.47 Å². The van der Waals surface area contributed by atoms with Crippen molar-refractivity contribution < 1.29 is 19.4 Å². The molecule has 0 saturated heterocycles. The summed E-state index contributed by atoms with van der Waals surface area (Å²) in [6.45, 7) is 3.22. The van der Waals surface area contributed by atoms with Crippen LogP contribution >= 0.6 is 15.9 Å². The normalized spacial score (nSPS) is 11.6. The number of benzene rings is 2. The summed E-state index contributed by atoms with van der Waals surface area (Å²) in [7, 11) is 0. The van der Waals surface area contributed by atoms with Gasteiger partial charge in [-0.3, -0.25) is 4.79 Å². The van der Waals surface area contributed by atoms with E-state index in [2.05, 4.69) is 21.2 Å². The molecule has 0 aliphatic carbocycles. The van der Waals surface area contributed by atoms with Crippen molar-refractivity contribution in [3.63, 3.8) is 0 Å². The number of carbonyl (C=O) groups excluding carboxylic acids is 2. The maximum atomic E-state index is 11.9. The Morgan fingerprint density at radius 2 is 1.96 bits per heavy atom. The van der Waals surface area contributed by atoms with Crippen LogP contribution in [0.15, 0.2) is 46.9 Å². The van der Waals surface area contributed by atoms with Crippen LogP contribution in [-0.4, -0.2) is 23.6 Å². The number of amides is 1. The van der Waals surface area contributed by atoms with Crippen molar-refractivity contribution in [2.24, 2.45) is 0 Å². The largest absolute Gasteiger partial charge is 0.507 e. The first-order chi connectivity index (χ1) is 11.4. The van der Waals surface area contributed by atoms with E-state index in [1.807, 2.05) is 31.2 Å². The summed E-state index contributed by atoms with van der Waals surface area (Å²) in [4.78, 5) is 23.9. The lowest BCUT2D eigenvalue weighted by Crippen LogP contribution is -2.31. The molecule has 0 heterocycles. The molecule has 0 aliphatic heterocycles. The standard InChI is InChI=1S/C18H18BrNO4/c1-11-7-8-14(16(21)9-11)18(23)24-10-17(22)20-12(2)13-5-3-4-6-15(13)19/h3-9,12,21H,10H2,1-2H3,(H,20,22)/t12-/m0/s1. The van der Waals surface area contributed by atoms with Gasteiger partial charge in [-0.25, -0.2) is 4.79 Å². The van der Waals surface area contributed by atoms with Gasteiger partial charge in [0.05, 0.1) is 6.04 Å². The number of esters is 1. The molecule has 0 saturated carbocycles. The first-order valence-corrected chi connectivity index (χ1v) is 8.18. The topological polar surface area (TPSA) is 75.6 Å². The highest BCUT2D eigenvalue weighted by atomic mass is 79.9. The average Bonchev–Trinajstić information content (AvgIpc) is 2.53. The zero-order valence-corrected chi connectivity index (χ0v) is 15.0. The Kier molecular flexibility index (Phi) is 5.98. The molecule has 2 aromatic rings. The minimum Gasteiger partial charge on any atom is -0.507 e. The van der Waals surface area contributed by atoms with Crippen molar-refractivity contribution in [1.29, 1.82) is 0 Å². The molecule has 0 aromatic heterocycles. The molecule has 0 unspecified atom stereocenters. The molecule has 126 valence electrons. The second-order valence-corrected chi connectivity index (χ2v) is 6.26. The van der Waals surface area contributed by atoms with Gasteiger partial charge in [-0.1, -0.05) is 40.2 Å². The van der Waals surface area contributed by atoms with Crippen LogP contribution in [0.5, 0.6) is 5.75 Å². The lowest BCUT2D eigenvalue weighted by molar-refractivity contribution is -0.124. The van der Waals surface area contributed by atoms with Crippen LogP contribution in [0.4, 0.5) is 0 Å². The van der Waals surface area contributed by atoms with E-state index in [1.54, 1.807) is 13.0 Å². The minimum atomic E-state index is -0.740. The molecule has 2 aromatic carbocycles. The minimum absolute atomic E-state index is 0.0345. The highest BCUT2D eigenvalue weighted by Crippen LogP contribution is 2.22. The number of aromatic hydroxyl groups is 1. The summed E-state index contributed by atoms with van der Waals surface area (Å²) in [5.41, 5.74) is 1.78. The Morgan fingerprint density at radius 1 is 1.25 bits per heavy atom. The molecule has 1 amide bonds.